The first-order valence-electron chi connectivity index (χ1n) is 5.19. The Balaban J connectivity index is 2.17. The van der Waals surface area contributed by atoms with Crippen LogP contribution in [0.1, 0.15) is 5.56 Å². The molecular formula is C11H14N4O. The molecule has 0 radical (unpaired) electrons. The Morgan fingerprint density at radius 1 is 1.69 bits per heavy atom. The fraction of sp³-hybridized carbons (Fsp3) is 0.455. The molecule has 0 spiro atoms. The average molecular weight is 218 g/mol. The summed E-state index contributed by atoms with van der Waals surface area (Å²) < 4.78 is 5.27. The molecule has 16 heavy (non-hydrogen) atoms. The Hall–Kier alpha value is -1.80. The van der Waals surface area contributed by atoms with Crippen molar-refractivity contribution in [2.24, 2.45) is 0 Å². The Morgan fingerprint density at radius 2 is 2.50 bits per heavy atom. The van der Waals surface area contributed by atoms with Crippen molar-refractivity contribution >= 4 is 11.5 Å². The van der Waals surface area contributed by atoms with E-state index in [0.29, 0.717) is 13.2 Å². The lowest BCUT2D eigenvalue weighted by molar-refractivity contribution is 0.0761. The SMILES string of the molecule is Cc1cnc(N2CCOC(C#N)C2)cc1N. The lowest BCUT2D eigenvalue weighted by atomic mass is 10.2. The topological polar surface area (TPSA) is 75.2 Å². The zero-order chi connectivity index (χ0) is 11.5. The number of aryl methyl sites for hydroxylation is 1. The van der Waals surface area contributed by atoms with Crippen molar-refractivity contribution in [3.63, 3.8) is 0 Å². The third-order valence-electron chi connectivity index (χ3n) is 2.66. The van der Waals surface area contributed by atoms with Crippen molar-refractivity contribution in [3.8, 4) is 6.07 Å². The molecule has 1 aliphatic heterocycles. The summed E-state index contributed by atoms with van der Waals surface area (Å²) in [5.41, 5.74) is 7.52. The first kappa shape index (κ1) is 10.7. The number of nitrogens with two attached hydrogens (primary N) is 1. The van der Waals surface area contributed by atoms with Crippen molar-refractivity contribution in [1.82, 2.24) is 4.98 Å². The minimum Gasteiger partial charge on any atom is -0.398 e. The van der Waals surface area contributed by atoms with Crippen molar-refractivity contribution in [1.29, 1.82) is 5.26 Å². The molecule has 5 nitrogen and oxygen atoms in total. The fourth-order valence-electron chi connectivity index (χ4n) is 1.64. The van der Waals surface area contributed by atoms with Crippen LogP contribution in [0.25, 0.3) is 0 Å². The Bertz CT molecular complexity index is 426. The molecule has 1 unspecified atom stereocenters. The third kappa shape index (κ3) is 2.07. The molecule has 1 aromatic heterocycles. The number of pyridine rings is 1. The molecule has 1 fully saturated rings. The van der Waals surface area contributed by atoms with Crippen LogP contribution in [-0.2, 0) is 4.74 Å². The highest BCUT2D eigenvalue weighted by Gasteiger charge is 2.21. The summed E-state index contributed by atoms with van der Waals surface area (Å²) in [7, 11) is 0. The van der Waals surface area contributed by atoms with E-state index in [0.717, 1.165) is 23.6 Å². The number of ether oxygens (including phenoxy) is 1. The van der Waals surface area contributed by atoms with E-state index in [9.17, 15) is 0 Å². The maximum atomic E-state index is 8.81. The number of anilines is 2. The number of nitriles is 1. The van der Waals surface area contributed by atoms with Crippen LogP contribution >= 0.6 is 0 Å². The predicted molar refractivity (Wildman–Crippen MR) is 61.0 cm³/mol. The zero-order valence-electron chi connectivity index (χ0n) is 9.18. The highest BCUT2D eigenvalue weighted by molar-refractivity contribution is 5.55. The van der Waals surface area contributed by atoms with Gasteiger partial charge in [-0.2, -0.15) is 5.26 Å². The molecule has 1 aromatic rings. The molecule has 0 bridgehead atoms. The number of hydrogen-bond donors (Lipinski definition) is 1. The second kappa shape index (κ2) is 4.37. The van der Waals surface area contributed by atoms with E-state index >= 15 is 0 Å². The van der Waals surface area contributed by atoms with Gasteiger partial charge in [0.1, 0.15) is 5.82 Å². The quantitative estimate of drug-likeness (QED) is 0.751. The van der Waals surface area contributed by atoms with Gasteiger partial charge >= 0.3 is 0 Å². The van der Waals surface area contributed by atoms with Crippen molar-refractivity contribution in [2.45, 2.75) is 13.0 Å². The van der Waals surface area contributed by atoms with Crippen LogP contribution in [0.4, 0.5) is 11.5 Å². The van der Waals surface area contributed by atoms with E-state index in [1.54, 1.807) is 6.20 Å². The van der Waals surface area contributed by atoms with Crippen LogP contribution in [-0.4, -0.2) is 30.8 Å². The minimum atomic E-state index is -0.377. The molecule has 84 valence electrons. The molecule has 1 saturated heterocycles. The molecule has 0 aliphatic carbocycles. The van der Waals surface area contributed by atoms with Gasteiger partial charge in [0.2, 0.25) is 0 Å². The standard InChI is InChI=1S/C11H14N4O/c1-8-6-14-11(4-10(8)13)15-2-3-16-9(5-12)7-15/h4,6,9H,2-3,7H2,1H3,(H2,13,14). The van der Waals surface area contributed by atoms with Gasteiger partial charge in [-0.1, -0.05) is 0 Å². The van der Waals surface area contributed by atoms with Gasteiger partial charge in [0.05, 0.1) is 19.2 Å². The Labute approximate surface area is 94.4 Å². The molecule has 2 heterocycles. The number of rotatable bonds is 1. The maximum Gasteiger partial charge on any atom is 0.161 e. The van der Waals surface area contributed by atoms with Crippen molar-refractivity contribution in [3.05, 3.63) is 17.8 Å². The molecule has 0 amide bonds. The number of nitrogens with zero attached hydrogens (tertiary/aromatic N) is 3. The average Bonchev–Trinajstić information content (AvgIpc) is 2.33. The molecule has 5 heteroatoms. The number of nitrogen functional groups attached to an aromatic ring is 1. The van der Waals surface area contributed by atoms with Gasteiger partial charge in [0, 0.05) is 24.5 Å². The number of aromatic nitrogens is 1. The van der Waals surface area contributed by atoms with E-state index in [1.807, 2.05) is 17.9 Å². The first-order chi connectivity index (χ1) is 7.70. The predicted octanol–water partition coefficient (Wildman–Crippen LogP) is 0.701. The highest BCUT2D eigenvalue weighted by atomic mass is 16.5. The van der Waals surface area contributed by atoms with Gasteiger partial charge in [-0.05, 0) is 12.5 Å². The van der Waals surface area contributed by atoms with Crippen LogP contribution in [0.2, 0.25) is 0 Å². The largest absolute Gasteiger partial charge is 0.398 e. The second-order valence-corrected chi connectivity index (χ2v) is 3.83. The first-order valence-corrected chi connectivity index (χ1v) is 5.19. The molecule has 0 aromatic carbocycles. The molecule has 2 rings (SSSR count). The van der Waals surface area contributed by atoms with E-state index < -0.39 is 0 Å². The van der Waals surface area contributed by atoms with E-state index in [2.05, 4.69) is 11.1 Å². The summed E-state index contributed by atoms with van der Waals surface area (Å²) in [6.07, 6.45) is 1.37. The monoisotopic (exact) mass is 218 g/mol. The second-order valence-electron chi connectivity index (χ2n) is 3.83. The Morgan fingerprint density at radius 3 is 3.19 bits per heavy atom. The van der Waals surface area contributed by atoms with Crippen LogP contribution in [0.15, 0.2) is 12.3 Å². The summed E-state index contributed by atoms with van der Waals surface area (Å²) in [5.74, 6) is 0.812. The van der Waals surface area contributed by atoms with E-state index in [1.165, 1.54) is 0 Å². The minimum absolute atomic E-state index is 0.377. The lowest BCUT2D eigenvalue weighted by Crippen LogP contribution is -2.42. The van der Waals surface area contributed by atoms with Crippen molar-refractivity contribution < 1.29 is 4.74 Å². The number of hydrogen-bond acceptors (Lipinski definition) is 5. The molecular weight excluding hydrogens is 204 g/mol. The van der Waals surface area contributed by atoms with Crippen molar-refractivity contribution in [2.75, 3.05) is 30.3 Å². The summed E-state index contributed by atoms with van der Waals surface area (Å²) in [6, 6.07) is 3.95. The van der Waals surface area contributed by atoms with Crippen LogP contribution in [0, 0.1) is 18.3 Å². The van der Waals surface area contributed by atoms with Gasteiger partial charge in [-0.3, -0.25) is 0 Å². The van der Waals surface area contributed by atoms with Gasteiger partial charge in [0.25, 0.3) is 0 Å². The molecule has 0 saturated carbocycles. The highest BCUT2D eigenvalue weighted by Crippen LogP contribution is 2.19. The maximum absolute atomic E-state index is 8.81. The molecule has 1 atom stereocenters. The van der Waals surface area contributed by atoms with Crippen LogP contribution in [0.5, 0.6) is 0 Å². The molecule has 1 aliphatic rings. The smallest absolute Gasteiger partial charge is 0.161 e. The van der Waals surface area contributed by atoms with Gasteiger partial charge in [0.15, 0.2) is 6.10 Å². The number of morpholine rings is 1. The summed E-state index contributed by atoms with van der Waals surface area (Å²) in [6.45, 7) is 3.76. The van der Waals surface area contributed by atoms with Crippen LogP contribution < -0.4 is 10.6 Å². The van der Waals surface area contributed by atoms with E-state index in [4.69, 9.17) is 15.7 Å². The van der Waals surface area contributed by atoms with E-state index in [-0.39, 0.29) is 6.10 Å². The van der Waals surface area contributed by atoms with Gasteiger partial charge < -0.3 is 15.4 Å². The zero-order valence-corrected chi connectivity index (χ0v) is 9.18. The normalized spacial score (nSPS) is 20.5. The summed E-state index contributed by atoms with van der Waals surface area (Å²) in [4.78, 5) is 6.33. The summed E-state index contributed by atoms with van der Waals surface area (Å²) in [5, 5.41) is 8.81. The summed E-state index contributed by atoms with van der Waals surface area (Å²) >= 11 is 0. The van der Waals surface area contributed by atoms with Gasteiger partial charge in [-0.15, -0.1) is 0 Å². The molecule has 2 N–H and O–H groups in total. The Kier molecular flexibility index (Phi) is 2.93. The lowest BCUT2D eigenvalue weighted by Gasteiger charge is -2.30. The van der Waals surface area contributed by atoms with Crippen LogP contribution in [0.3, 0.4) is 0 Å². The fourth-order valence-corrected chi connectivity index (χ4v) is 1.64. The third-order valence-corrected chi connectivity index (χ3v) is 2.66. The van der Waals surface area contributed by atoms with Gasteiger partial charge in [-0.25, -0.2) is 4.98 Å².